The minimum Gasteiger partial charge on any atom is -0.407 e. The summed E-state index contributed by atoms with van der Waals surface area (Å²) >= 11 is 0. The van der Waals surface area contributed by atoms with Crippen molar-refractivity contribution >= 4 is 37.4 Å². The van der Waals surface area contributed by atoms with Gasteiger partial charge in [0, 0.05) is 25.0 Å². The molecule has 0 unspecified atom stereocenters. The fourth-order valence-electron chi connectivity index (χ4n) is 8.29. The van der Waals surface area contributed by atoms with Crippen LogP contribution in [0.3, 0.4) is 0 Å². The Bertz CT molecular complexity index is 1730. The lowest BCUT2D eigenvalue weighted by Gasteiger charge is -2.44. The number of ether oxygens (including phenoxy) is 1. The van der Waals surface area contributed by atoms with Gasteiger partial charge in [0.25, 0.3) is 16.6 Å². The van der Waals surface area contributed by atoms with Crippen LogP contribution in [0.4, 0.5) is 0 Å². The Balaban J connectivity index is 1.41. The average molecular weight is 759 g/mol. The summed E-state index contributed by atoms with van der Waals surface area (Å²) in [5.41, 5.74) is 1.11. The van der Waals surface area contributed by atoms with Crippen molar-refractivity contribution in [2.45, 2.75) is 90.7 Å². The Morgan fingerprint density at radius 2 is 0.870 bits per heavy atom. The number of aliphatic hydroxyl groups excluding tert-OH is 1. The van der Waals surface area contributed by atoms with Gasteiger partial charge in [0.2, 0.25) is 0 Å². The zero-order valence-electron chi connectivity index (χ0n) is 33.7. The van der Waals surface area contributed by atoms with Crippen LogP contribution in [0.15, 0.2) is 152 Å². The molecule has 4 atom stereocenters. The fourth-order valence-corrected chi connectivity index (χ4v) is 17.5. The number of rotatable bonds is 17. The smallest absolute Gasteiger partial charge is 0.261 e. The molecule has 286 valence electrons. The number of hydrogen-bond donors (Lipinski definition) is 1. The Kier molecular flexibility index (Phi) is 14.1. The zero-order valence-corrected chi connectivity index (χ0v) is 35.7. The highest BCUT2D eigenvalue weighted by Crippen LogP contribution is 2.39. The molecule has 54 heavy (non-hydrogen) atoms. The predicted octanol–water partition coefficient (Wildman–Crippen LogP) is 8.75. The van der Waals surface area contributed by atoms with Crippen molar-refractivity contribution < 1.29 is 18.7 Å². The molecule has 0 amide bonds. The molecular weight excluding hydrogens is 697 g/mol. The van der Waals surface area contributed by atoms with Crippen LogP contribution in [-0.4, -0.2) is 47.2 Å². The van der Waals surface area contributed by atoms with E-state index in [-0.39, 0.29) is 28.0 Å². The van der Waals surface area contributed by atoms with Crippen LogP contribution in [0.2, 0.25) is 10.1 Å². The van der Waals surface area contributed by atoms with Crippen LogP contribution in [0, 0.1) is 11.8 Å². The third kappa shape index (κ3) is 9.24. The van der Waals surface area contributed by atoms with Gasteiger partial charge < -0.3 is 18.7 Å². The van der Waals surface area contributed by atoms with Gasteiger partial charge in [0.05, 0.1) is 18.8 Å². The van der Waals surface area contributed by atoms with Crippen molar-refractivity contribution in [3.05, 3.63) is 157 Å². The summed E-state index contributed by atoms with van der Waals surface area (Å²) in [5.74, 6) is -0.174. The second-order valence-corrected chi connectivity index (χ2v) is 25.6. The van der Waals surface area contributed by atoms with Gasteiger partial charge in [-0.2, -0.15) is 0 Å². The van der Waals surface area contributed by atoms with Crippen molar-refractivity contribution in [1.82, 2.24) is 0 Å². The van der Waals surface area contributed by atoms with Gasteiger partial charge in [-0.3, -0.25) is 0 Å². The second kappa shape index (κ2) is 18.3. The van der Waals surface area contributed by atoms with E-state index < -0.39 is 22.7 Å². The molecule has 0 saturated carbocycles. The second-order valence-electron chi connectivity index (χ2n) is 16.9. The van der Waals surface area contributed by atoms with Gasteiger partial charge in [0.1, 0.15) is 0 Å². The normalized spacial score (nSPS) is 15.0. The fraction of sp³-hybridized carbons (Fsp3) is 0.375. The Morgan fingerprint density at radius 1 is 0.519 bits per heavy atom. The quantitative estimate of drug-likeness (QED) is 0.0965. The lowest BCUT2D eigenvalue weighted by atomic mass is 9.88. The van der Waals surface area contributed by atoms with Crippen LogP contribution in [0.1, 0.15) is 67.4 Å². The molecule has 0 heterocycles. The first-order chi connectivity index (χ1) is 25.8. The van der Waals surface area contributed by atoms with Gasteiger partial charge in [-0.1, -0.05) is 207 Å². The van der Waals surface area contributed by atoms with E-state index in [1.807, 2.05) is 18.2 Å². The summed E-state index contributed by atoms with van der Waals surface area (Å²) in [6.45, 7) is 19.6. The molecule has 0 aromatic heterocycles. The van der Waals surface area contributed by atoms with Crippen LogP contribution < -0.4 is 20.7 Å². The first-order valence-electron chi connectivity index (χ1n) is 19.6. The maximum absolute atomic E-state index is 12.0. The summed E-state index contributed by atoms with van der Waals surface area (Å²) in [6.07, 6.45) is -0.398. The van der Waals surface area contributed by atoms with Crippen molar-refractivity contribution in [3.63, 3.8) is 0 Å². The molecule has 0 bridgehead atoms. The molecule has 4 nitrogen and oxygen atoms in total. The first kappa shape index (κ1) is 41.5. The summed E-state index contributed by atoms with van der Waals surface area (Å²) < 4.78 is 21.4. The standard InChI is InChI=1S/C48H62O4Si2/c1-38(36-52-54(48(6,7)8,43-30-20-12-21-31-43)44-32-22-13-23-33-44)46(50-37-40-24-14-9-15-25-40)39(2)45(49)34-35-51-53(47(3,4)5,41-26-16-10-17-27-41)42-28-18-11-19-29-42/h9-33,38-39,45-46,49H,34-37H2,1-8H3/t38-,39+,45+,46-/m0/s1. The number of aliphatic hydroxyl groups is 1. The highest BCUT2D eigenvalue weighted by molar-refractivity contribution is 7.00. The predicted molar refractivity (Wildman–Crippen MR) is 231 cm³/mol. The van der Waals surface area contributed by atoms with E-state index in [9.17, 15) is 5.11 Å². The van der Waals surface area contributed by atoms with E-state index in [1.165, 1.54) is 20.7 Å². The maximum Gasteiger partial charge on any atom is 0.261 e. The lowest BCUT2D eigenvalue weighted by molar-refractivity contribution is -0.0762. The van der Waals surface area contributed by atoms with E-state index in [1.54, 1.807) is 0 Å². The van der Waals surface area contributed by atoms with Gasteiger partial charge in [-0.15, -0.1) is 0 Å². The Hall–Kier alpha value is -3.63. The van der Waals surface area contributed by atoms with Crippen LogP contribution in [0.5, 0.6) is 0 Å². The topological polar surface area (TPSA) is 47.9 Å². The van der Waals surface area contributed by atoms with E-state index in [4.69, 9.17) is 13.6 Å². The van der Waals surface area contributed by atoms with E-state index in [0.29, 0.717) is 26.2 Å². The molecule has 0 fully saturated rings. The minimum absolute atomic E-state index is 0.00221. The molecule has 0 aliphatic rings. The summed E-state index contributed by atoms with van der Waals surface area (Å²) in [6, 6.07) is 53.3. The van der Waals surface area contributed by atoms with Crippen molar-refractivity contribution in [2.75, 3.05) is 13.2 Å². The molecule has 0 spiro atoms. The van der Waals surface area contributed by atoms with Gasteiger partial charge in [0.15, 0.2) is 0 Å². The van der Waals surface area contributed by atoms with Crippen molar-refractivity contribution in [1.29, 1.82) is 0 Å². The van der Waals surface area contributed by atoms with Crippen LogP contribution >= 0.6 is 0 Å². The molecule has 0 aliphatic heterocycles. The summed E-state index contributed by atoms with van der Waals surface area (Å²) in [4.78, 5) is 0. The maximum atomic E-state index is 12.0. The highest BCUT2D eigenvalue weighted by atomic mass is 28.4. The van der Waals surface area contributed by atoms with Crippen LogP contribution in [-0.2, 0) is 20.2 Å². The molecule has 0 saturated heterocycles. The Labute approximate surface area is 327 Å². The van der Waals surface area contributed by atoms with Gasteiger partial charge >= 0.3 is 0 Å². The van der Waals surface area contributed by atoms with Crippen molar-refractivity contribution in [3.8, 4) is 0 Å². The molecule has 0 aliphatic carbocycles. The van der Waals surface area contributed by atoms with Gasteiger partial charge in [-0.25, -0.2) is 0 Å². The molecule has 6 heteroatoms. The lowest BCUT2D eigenvalue weighted by Crippen LogP contribution is -2.67. The van der Waals surface area contributed by atoms with Crippen molar-refractivity contribution in [2.24, 2.45) is 11.8 Å². The molecule has 5 aromatic carbocycles. The average Bonchev–Trinajstić information content (AvgIpc) is 3.17. The van der Waals surface area contributed by atoms with E-state index in [2.05, 4.69) is 189 Å². The van der Waals surface area contributed by atoms with Crippen LogP contribution in [0.25, 0.3) is 0 Å². The molecule has 0 radical (unpaired) electrons. The molecular formula is C48H62O4Si2. The third-order valence-electron chi connectivity index (χ3n) is 11.1. The Morgan fingerprint density at radius 3 is 1.24 bits per heavy atom. The number of hydrogen-bond acceptors (Lipinski definition) is 4. The largest absolute Gasteiger partial charge is 0.407 e. The number of benzene rings is 5. The van der Waals surface area contributed by atoms with E-state index >= 15 is 0 Å². The molecule has 5 aromatic rings. The summed E-state index contributed by atoms with van der Waals surface area (Å²) in [5, 5.41) is 16.7. The van der Waals surface area contributed by atoms with E-state index in [0.717, 1.165) is 5.56 Å². The third-order valence-corrected chi connectivity index (χ3v) is 21.1. The van der Waals surface area contributed by atoms with Gasteiger partial charge in [-0.05, 0) is 42.8 Å². The summed E-state index contributed by atoms with van der Waals surface area (Å²) in [7, 11) is -5.50. The first-order valence-corrected chi connectivity index (χ1v) is 23.5. The molecule has 5 rings (SSSR count). The zero-order chi connectivity index (χ0) is 38.8. The highest BCUT2D eigenvalue weighted by Gasteiger charge is 2.51. The SMILES string of the molecule is C[C@@H]([C@@H](OCc1ccccc1)[C@@H](C)CO[Si](c1ccccc1)(c1ccccc1)C(C)(C)C)[C@H](O)CCO[Si](c1ccccc1)(c1ccccc1)C(C)(C)C. The monoisotopic (exact) mass is 758 g/mol. The molecule has 1 N–H and O–H groups in total. The minimum atomic E-state index is -2.76.